The highest BCUT2D eigenvalue weighted by molar-refractivity contribution is 8.13. The number of hydrogen-bond acceptors (Lipinski definition) is 8. The summed E-state index contributed by atoms with van der Waals surface area (Å²) >= 11 is 0.988. The number of carbonyl (C=O) groups is 1. The highest BCUT2D eigenvalue weighted by Crippen LogP contribution is 2.50. The minimum atomic E-state index is -4.38. The first-order valence-corrected chi connectivity index (χ1v) is 10.9. The Morgan fingerprint density at radius 2 is 2.06 bits per heavy atom. The number of ether oxygens (including phenoxy) is 2. The molecule has 2 aliphatic rings. The van der Waals surface area contributed by atoms with Gasteiger partial charge in [0.2, 0.25) is 5.88 Å². The summed E-state index contributed by atoms with van der Waals surface area (Å²) in [5.74, 6) is -6.58. The third kappa shape index (κ3) is 4.74. The molecule has 0 bridgehead atoms. The van der Waals surface area contributed by atoms with Crippen LogP contribution in [-0.2, 0) is 10.3 Å². The largest absolute Gasteiger partial charge is 0.470 e. The molecule has 15 heteroatoms. The van der Waals surface area contributed by atoms with Gasteiger partial charge in [-0.3, -0.25) is 4.79 Å². The number of nitrogens with two attached hydrogens (primary N) is 1. The molecular weight excluding hydrogens is 504 g/mol. The van der Waals surface area contributed by atoms with Crippen molar-refractivity contribution in [2.75, 3.05) is 30.9 Å². The molecular formula is C20H17F6N5O3S. The molecule has 3 heterocycles. The van der Waals surface area contributed by atoms with Crippen LogP contribution in [0.4, 0.5) is 32.0 Å². The second kappa shape index (κ2) is 9.18. The van der Waals surface area contributed by atoms with Crippen LogP contribution in [0.15, 0.2) is 35.6 Å². The summed E-state index contributed by atoms with van der Waals surface area (Å²) < 4.78 is 90.5. The number of anilines is 1. The van der Waals surface area contributed by atoms with Gasteiger partial charge >= 0.3 is 12.3 Å². The van der Waals surface area contributed by atoms with E-state index >= 15 is 4.39 Å². The molecule has 188 valence electrons. The van der Waals surface area contributed by atoms with Gasteiger partial charge in [0, 0.05) is 17.0 Å². The van der Waals surface area contributed by atoms with Crippen LogP contribution < -0.4 is 15.8 Å². The molecule has 2 aliphatic heterocycles. The van der Waals surface area contributed by atoms with Crippen molar-refractivity contribution < 1.29 is 40.6 Å². The molecule has 1 amide bonds. The number of aromatic nitrogens is 2. The van der Waals surface area contributed by atoms with Crippen LogP contribution in [0, 0.1) is 5.82 Å². The number of hydrogen-bond donors (Lipinski definition) is 2. The molecule has 1 aromatic carbocycles. The molecule has 1 saturated heterocycles. The standard InChI is InChI=1S/C20H17F6N5O3S/c21-12-2-1-10(3-11(12)19-7-33-6-18(19,24)9-35-17(27)31-19)30-15(32)13-4-29-14(5-28-13)34-8-20(25,26)16(22)23/h1-5,16H,6-9H2,(H2,27,31)(H,30,32). The summed E-state index contributed by atoms with van der Waals surface area (Å²) in [6.07, 6.45) is -2.25. The van der Waals surface area contributed by atoms with Crippen LogP contribution in [0.25, 0.3) is 0 Å². The Hall–Kier alpha value is -3.07. The van der Waals surface area contributed by atoms with Gasteiger partial charge in [-0.2, -0.15) is 8.78 Å². The van der Waals surface area contributed by atoms with Gasteiger partial charge in [0.1, 0.15) is 11.5 Å². The van der Waals surface area contributed by atoms with Crippen LogP contribution in [0.2, 0.25) is 0 Å². The Kier molecular flexibility index (Phi) is 6.57. The highest BCUT2D eigenvalue weighted by atomic mass is 32.2. The van der Waals surface area contributed by atoms with Crippen molar-refractivity contribution >= 4 is 28.5 Å². The fourth-order valence-corrected chi connectivity index (χ4v) is 4.47. The fraction of sp³-hybridized carbons (Fsp3) is 0.400. The minimum Gasteiger partial charge on any atom is -0.470 e. The van der Waals surface area contributed by atoms with Crippen molar-refractivity contribution in [2.24, 2.45) is 10.7 Å². The van der Waals surface area contributed by atoms with E-state index in [1.54, 1.807) is 0 Å². The van der Waals surface area contributed by atoms with Crippen molar-refractivity contribution in [2.45, 2.75) is 23.6 Å². The predicted octanol–water partition coefficient (Wildman–Crippen LogP) is 3.14. The number of benzene rings is 1. The van der Waals surface area contributed by atoms with Gasteiger partial charge in [0.15, 0.2) is 23.0 Å². The third-order valence-electron chi connectivity index (χ3n) is 5.40. The summed E-state index contributed by atoms with van der Waals surface area (Å²) in [7, 11) is 0. The molecule has 3 N–H and O–H groups in total. The molecule has 2 aromatic rings. The average molecular weight is 521 g/mol. The lowest BCUT2D eigenvalue weighted by atomic mass is 9.79. The number of alkyl halides is 5. The highest BCUT2D eigenvalue weighted by Gasteiger charge is 2.61. The zero-order valence-corrected chi connectivity index (χ0v) is 18.4. The quantitative estimate of drug-likeness (QED) is 0.539. The van der Waals surface area contributed by atoms with Gasteiger partial charge in [0.05, 0.1) is 25.6 Å². The first-order chi connectivity index (χ1) is 16.5. The average Bonchev–Trinajstić information content (AvgIpc) is 3.16. The predicted molar refractivity (Wildman–Crippen MR) is 113 cm³/mol. The molecule has 1 fully saturated rings. The van der Waals surface area contributed by atoms with Crippen molar-refractivity contribution in [3.05, 3.63) is 47.7 Å². The second-order valence-electron chi connectivity index (χ2n) is 7.80. The van der Waals surface area contributed by atoms with E-state index in [2.05, 4.69) is 25.0 Å². The van der Waals surface area contributed by atoms with E-state index in [1.165, 1.54) is 12.1 Å². The SMILES string of the molecule is NC1=NC2(c3cc(NC(=O)c4cnc(OCC(F)(F)C(F)F)cn4)ccc3F)COCC2(F)CS1. The van der Waals surface area contributed by atoms with Crippen LogP contribution in [0.5, 0.6) is 5.88 Å². The number of amides is 1. The molecule has 2 atom stereocenters. The van der Waals surface area contributed by atoms with E-state index < -0.39 is 47.8 Å². The molecule has 0 spiro atoms. The Bertz CT molecular complexity index is 1150. The van der Waals surface area contributed by atoms with E-state index in [-0.39, 0.29) is 41.1 Å². The van der Waals surface area contributed by atoms with Crippen LogP contribution in [0.3, 0.4) is 0 Å². The van der Waals surface area contributed by atoms with E-state index in [9.17, 15) is 26.7 Å². The van der Waals surface area contributed by atoms with Gasteiger partial charge in [-0.25, -0.2) is 32.5 Å². The number of fused-ring (bicyclic) bond motifs is 1. The molecule has 35 heavy (non-hydrogen) atoms. The van der Waals surface area contributed by atoms with Crippen molar-refractivity contribution in [1.82, 2.24) is 9.97 Å². The van der Waals surface area contributed by atoms with Crippen molar-refractivity contribution in [1.29, 1.82) is 0 Å². The topological polar surface area (TPSA) is 112 Å². The Labute approximate surface area is 198 Å². The Morgan fingerprint density at radius 3 is 2.74 bits per heavy atom. The molecule has 1 aromatic heterocycles. The van der Waals surface area contributed by atoms with Crippen LogP contribution in [-0.4, -0.2) is 64.6 Å². The lowest BCUT2D eigenvalue weighted by Crippen LogP contribution is -2.52. The number of rotatable bonds is 7. The lowest BCUT2D eigenvalue weighted by Gasteiger charge is -2.38. The summed E-state index contributed by atoms with van der Waals surface area (Å²) in [5.41, 5.74) is 1.65. The number of nitrogens with one attached hydrogen (secondary N) is 1. The Balaban J connectivity index is 1.51. The number of aliphatic imine (C=N–C) groups is 1. The maximum Gasteiger partial charge on any atom is 0.340 e. The fourth-order valence-electron chi connectivity index (χ4n) is 3.55. The van der Waals surface area contributed by atoms with Gasteiger partial charge < -0.3 is 20.5 Å². The normalized spacial score (nSPS) is 24.1. The molecule has 8 nitrogen and oxygen atoms in total. The summed E-state index contributed by atoms with van der Waals surface area (Å²) in [6, 6.07) is 3.46. The van der Waals surface area contributed by atoms with E-state index in [0.29, 0.717) is 0 Å². The minimum absolute atomic E-state index is 0.0701. The number of carbonyl (C=O) groups excluding carboxylic acids is 1. The smallest absolute Gasteiger partial charge is 0.340 e. The number of nitrogens with zero attached hydrogens (tertiary/aromatic N) is 3. The molecule has 0 radical (unpaired) electrons. The van der Waals surface area contributed by atoms with Gasteiger partial charge in [-0.1, -0.05) is 11.8 Å². The molecule has 0 saturated carbocycles. The van der Waals surface area contributed by atoms with E-state index in [1.807, 2.05) is 0 Å². The molecule has 0 aliphatic carbocycles. The number of thioether (sulfide) groups is 1. The van der Waals surface area contributed by atoms with E-state index in [0.717, 1.165) is 30.2 Å². The first kappa shape index (κ1) is 25.0. The third-order valence-corrected chi connectivity index (χ3v) is 6.38. The maximum absolute atomic E-state index is 15.6. The first-order valence-electron chi connectivity index (χ1n) is 9.93. The molecule has 2 unspecified atom stereocenters. The Morgan fingerprint density at radius 1 is 1.29 bits per heavy atom. The number of amidine groups is 1. The van der Waals surface area contributed by atoms with Crippen LogP contribution in [0.1, 0.15) is 16.1 Å². The number of halogens is 6. The van der Waals surface area contributed by atoms with Gasteiger partial charge in [0.25, 0.3) is 5.91 Å². The zero-order valence-electron chi connectivity index (χ0n) is 17.6. The lowest BCUT2D eigenvalue weighted by molar-refractivity contribution is -0.148. The zero-order chi connectivity index (χ0) is 25.4. The second-order valence-corrected chi connectivity index (χ2v) is 8.79. The van der Waals surface area contributed by atoms with Gasteiger partial charge in [-0.05, 0) is 18.2 Å². The summed E-state index contributed by atoms with van der Waals surface area (Å²) in [4.78, 5) is 24.0. The monoisotopic (exact) mass is 521 g/mol. The van der Waals surface area contributed by atoms with Crippen molar-refractivity contribution in [3.63, 3.8) is 0 Å². The van der Waals surface area contributed by atoms with Gasteiger partial charge in [-0.15, -0.1) is 0 Å². The molecule has 4 rings (SSSR count). The summed E-state index contributed by atoms with van der Waals surface area (Å²) in [5, 5.41) is 2.51. The van der Waals surface area contributed by atoms with E-state index in [4.69, 9.17) is 10.5 Å². The van der Waals surface area contributed by atoms with Crippen LogP contribution >= 0.6 is 11.8 Å². The van der Waals surface area contributed by atoms with Crippen molar-refractivity contribution in [3.8, 4) is 5.88 Å². The summed E-state index contributed by atoms with van der Waals surface area (Å²) in [6.45, 7) is -2.19. The maximum atomic E-state index is 15.6.